The molecule has 0 heterocycles. The van der Waals surface area contributed by atoms with Gasteiger partial charge in [0.15, 0.2) is 0 Å². The van der Waals surface area contributed by atoms with Gasteiger partial charge in [-0.05, 0) is 51.5 Å². The Bertz CT molecular complexity index is 384. The summed E-state index contributed by atoms with van der Waals surface area (Å²) in [5.41, 5.74) is 0.963. The molecule has 0 radical (unpaired) electrons. The summed E-state index contributed by atoms with van der Waals surface area (Å²) in [4.78, 5) is 11.1. The van der Waals surface area contributed by atoms with Crippen LogP contribution in [0.2, 0.25) is 0 Å². The van der Waals surface area contributed by atoms with Crippen LogP contribution in [-0.2, 0) is 14.3 Å². The lowest BCUT2D eigenvalue weighted by atomic mass is 9.90. The maximum atomic E-state index is 11.1. The zero-order chi connectivity index (χ0) is 17.7. The van der Waals surface area contributed by atoms with E-state index in [1.807, 2.05) is 13.0 Å². The Morgan fingerprint density at radius 3 is 2.48 bits per heavy atom. The van der Waals surface area contributed by atoms with Crippen LogP contribution < -0.4 is 0 Å². The number of carbonyl (C=O) groups is 1. The molecule has 0 aliphatic rings. The number of hydrogen-bond acceptors (Lipinski definition) is 3. The second-order valence-electron chi connectivity index (χ2n) is 6.45. The SMILES string of the molecule is CCOC(C)(CC)CCCC(CC)C/C=C/C(C)=C/C(=O)OC. The van der Waals surface area contributed by atoms with Gasteiger partial charge in [-0.1, -0.05) is 45.3 Å². The van der Waals surface area contributed by atoms with Gasteiger partial charge in [-0.25, -0.2) is 4.79 Å². The molecule has 0 saturated carbocycles. The van der Waals surface area contributed by atoms with E-state index in [9.17, 15) is 4.79 Å². The summed E-state index contributed by atoms with van der Waals surface area (Å²) in [6.45, 7) is 11.4. The van der Waals surface area contributed by atoms with Crippen LogP contribution in [0.4, 0.5) is 0 Å². The highest BCUT2D eigenvalue weighted by molar-refractivity contribution is 5.83. The first-order chi connectivity index (χ1) is 10.9. The van der Waals surface area contributed by atoms with Gasteiger partial charge in [-0.3, -0.25) is 0 Å². The van der Waals surface area contributed by atoms with E-state index in [0.29, 0.717) is 5.92 Å². The predicted molar refractivity (Wildman–Crippen MR) is 97.5 cm³/mol. The van der Waals surface area contributed by atoms with Gasteiger partial charge in [0.1, 0.15) is 0 Å². The Morgan fingerprint density at radius 1 is 1.26 bits per heavy atom. The first-order valence-electron chi connectivity index (χ1n) is 8.97. The second kappa shape index (κ2) is 12.3. The number of carbonyl (C=O) groups excluding carboxylic acids is 1. The van der Waals surface area contributed by atoms with Crippen LogP contribution in [0.5, 0.6) is 0 Å². The third kappa shape index (κ3) is 10.3. The Labute approximate surface area is 143 Å². The number of methoxy groups -OCH3 is 1. The molecule has 134 valence electrons. The van der Waals surface area contributed by atoms with E-state index < -0.39 is 0 Å². The van der Waals surface area contributed by atoms with E-state index in [1.54, 1.807) is 0 Å². The molecule has 2 unspecified atom stereocenters. The fourth-order valence-corrected chi connectivity index (χ4v) is 2.69. The topological polar surface area (TPSA) is 35.5 Å². The van der Waals surface area contributed by atoms with Crippen LogP contribution in [0, 0.1) is 5.92 Å². The molecule has 0 aromatic carbocycles. The fourth-order valence-electron chi connectivity index (χ4n) is 2.69. The summed E-state index contributed by atoms with van der Waals surface area (Å²) in [7, 11) is 1.40. The van der Waals surface area contributed by atoms with Gasteiger partial charge in [-0.15, -0.1) is 0 Å². The van der Waals surface area contributed by atoms with Crippen molar-refractivity contribution >= 4 is 5.97 Å². The Hall–Kier alpha value is -1.09. The summed E-state index contributed by atoms with van der Waals surface area (Å²) in [5.74, 6) is 0.397. The second-order valence-corrected chi connectivity index (χ2v) is 6.45. The van der Waals surface area contributed by atoms with Crippen LogP contribution in [0.3, 0.4) is 0 Å². The van der Waals surface area contributed by atoms with E-state index in [1.165, 1.54) is 32.4 Å². The zero-order valence-electron chi connectivity index (χ0n) is 16.0. The van der Waals surface area contributed by atoms with E-state index in [2.05, 4.69) is 38.5 Å². The zero-order valence-corrected chi connectivity index (χ0v) is 16.0. The summed E-state index contributed by atoms with van der Waals surface area (Å²) < 4.78 is 10.5. The molecule has 0 amide bonds. The molecule has 3 nitrogen and oxygen atoms in total. The van der Waals surface area contributed by atoms with Gasteiger partial charge in [-0.2, -0.15) is 0 Å². The van der Waals surface area contributed by atoms with Crippen molar-refractivity contribution in [2.45, 2.75) is 78.7 Å². The molecular formula is C20H36O3. The highest BCUT2D eigenvalue weighted by Crippen LogP contribution is 2.26. The first kappa shape index (κ1) is 21.9. The maximum Gasteiger partial charge on any atom is 0.330 e. The molecule has 0 aromatic heterocycles. The highest BCUT2D eigenvalue weighted by Gasteiger charge is 2.21. The molecule has 0 saturated heterocycles. The summed E-state index contributed by atoms with van der Waals surface area (Å²) in [6.07, 6.45) is 12.6. The van der Waals surface area contributed by atoms with E-state index in [-0.39, 0.29) is 11.6 Å². The molecule has 0 spiro atoms. The summed E-state index contributed by atoms with van der Waals surface area (Å²) in [5, 5.41) is 0. The van der Waals surface area contributed by atoms with Crippen molar-refractivity contribution in [3.8, 4) is 0 Å². The molecule has 0 fully saturated rings. The molecule has 3 heteroatoms. The van der Waals surface area contributed by atoms with Crippen molar-refractivity contribution in [1.29, 1.82) is 0 Å². The lowest BCUT2D eigenvalue weighted by Gasteiger charge is -2.28. The van der Waals surface area contributed by atoms with Gasteiger partial charge in [0.25, 0.3) is 0 Å². The molecule has 0 bridgehead atoms. The van der Waals surface area contributed by atoms with Crippen LogP contribution in [-0.4, -0.2) is 25.3 Å². The minimum Gasteiger partial charge on any atom is -0.466 e. The van der Waals surface area contributed by atoms with Gasteiger partial charge in [0, 0.05) is 12.7 Å². The van der Waals surface area contributed by atoms with Gasteiger partial charge in [0.2, 0.25) is 0 Å². The number of allylic oxidation sites excluding steroid dienone is 3. The number of esters is 1. The van der Waals surface area contributed by atoms with Crippen molar-refractivity contribution in [2.24, 2.45) is 5.92 Å². The van der Waals surface area contributed by atoms with Gasteiger partial charge < -0.3 is 9.47 Å². The van der Waals surface area contributed by atoms with Crippen molar-refractivity contribution < 1.29 is 14.3 Å². The fraction of sp³-hybridized carbons (Fsp3) is 0.750. The minimum absolute atomic E-state index is 0.0305. The molecule has 0 aliphatic heterocycles. The predicted octanol–water partition coefficient (Wildman–Crippen LogP) is 5.45. The largest absolute Gasteiger partial charge is 0.466 e. The number of hydrogen-bond donors (Lipinski definition) is 0. The molecule has 0 N–H and O–H groups in total. The Balaban J connectivity index is 4.26. The summed E-state index contributed by atoms with van der Waals surface area (Å²) in [6, 6.07) is 0. The smallest absolute Gasteiger partial charge is 0.330 e. The normalized spacial score (nSPS) is 16.3. The first-order valence-corrected chi connectivity index (χ1v) is 8.97. The number of ether oxygens (including phenoxy) is 2. The third-order valence-electron chi connectivity index (χ3n) is 4.53. The average molecular weight is 325 g/mol. The van der Waals surface area contributed by atoms with Crippen molar-refractivity contribution in [3.63, 3.8) is 0 Å². The molecular weight excluding hydrogens is 288 g/mol. The van der Waals surface area contributed by atoms with Crippen molar-refractivity contribution in [1.82, 2.24) is 0 Å². The standard InChI is InChI=1S/C20H36O3/c1-7-18(13-10-12-17(4)16-19(21)22-6)14-11-15-20(5,8-2)23-9-3/h10,12,16,18H,7-9,11,13-15H2,1-6H3/b12-10+,17-16+. The van der Waals surface area contributed by atoms with E-state index in [4.69, 9.17) is 4.74 Å². The minimum atomic E-state index is -0.297. The maximum absolute atomic E-state index is 11.1. The molecule has 2 atom stereocenters. The van der Waals surface area contributed by atoms with E-state index >= 15 is 0 Å². The Morgan fingerprint density at radius 2 is 1.96 bits per heavy atom. The van der Waals surface area contributed by atoms with E-state index in [0.717, 1.165) is 31.4 Å². The molecule has 0 rings (SSSR count). The van der Waals surface area contributed by atoms with Crippen LogP contribution >= 0.6 is 0 Å². The van der Waals surface area contributed by atoms with Crippen molar-refractivity contribution in [2.75, 3.05) is 13.7 Å². The molecule has 23 heavy (non-hydrogen) atoms. The lowest BCUT2D eigenvalue weighted by Crippen LogP contribution is -2.27. The quantitative estimate of drug-likeness (QED) is 0.272. The average Bonchev–Trinajstić information content (AvgIpc) is 2.53. The summed E-state index contributed by atoms with van der Waals surface area (Å²) >= 11 is 0. The molecule has 0 aromatic rings. The van der Waals surface area contributed by atoms with Crippen LogP contribution in [0.1, 0.15) is 73.1 Å². The Kier molecular flexibility index (Phi) is 11.8. The van der Waals surface area contributed by atoms with Crippen molar-refractivity contribution in [3.05, 3.63) is 23.8 Å². The van der Waals surface area contributed by atoms with Gasteiger partial charge >= 0.3 is 5.97 Å². The number of rotatable bonds is 12. The third-order valence-corrected chi connectivity index (χ3v) is 4.53. The highest BCUT2D eigenvalue weighted by atomic mass is 16.5. The van der Waals surface area contributed by atoms with Gasteiger partial charge in [0.05, 0.1) is 12.7 Å². The van der Waals surface area contributed by atoms with Crippen LogP contribution in [0.25, 0.3) is 0 Å². The monoisotopic (exact) mass is 324 g/mol. The molecule has 0 aliphatic carbocycles. The lowest BCUT2D eigenvalue weighted by molar-refractivity contribution is -0.134. The van der Waals surface area contributed by atoms with Crippen LogP contribution in [0.15, 0.2) is 23.8 Å².